The van der Waals surface area contributed by atoms with E-state index in [4.69, 9.17) is 16.3 Å². The molecule has 0 bridgehead atoms. The normalized spacial score (nSPS) is 10.3. The number of hydrogen-bond acceptors (Lipinski definition) is 4. The molecule has 0 spiro atoms. The van der Waals surface area contributed by atoms with Gasteiger partial charge in [-0.15, -0.1) is 0 Å². The summed E-state index contributed by atoms with van der Waals surface area (Å²) in [5, 5.41) is 11.0. The van der Waals surface area contributed by atoms with Gasteiger partial charge in [0.2, 0.25) is 0 Å². The first-order valence-corrected chi connectivity index (χ1v) is 6.03. The summed E-state index contributed by atoms with van der Waals surface area (Å²) in [6.07, 6.45) is 1.51. The summed E-state index contributed by atoms with van der Waals surface area (Å²) < 4.78 is 19.0. The molecule has 2 aromatic rings. The highest BCUT2D eigenvalue weighted by Gasteiger charge is 2.16. The van der Waals surface area contributed by atoms with Crippen molar-refractivity contribution < 1.29 is 14.1 Å². The van der Waals surface area contributed by atoms with Gasteiger partial charge in [0, 0.05) is 17.3 Å². The van der Waals surface area contributed by atoms with Crippen LogP contribution in [-0.4, -0.2) is 9.91 Å². The van der Waals surface area contributed by atoms with E-state index in [9.17, 15) is 14.5 Å². The molecule has 2 rings (SSSR count). The molecule has 0 radical (unpaired) electrons. The first-order chi connectivity index (χ1) is 9.47. The first kappa shape index (κ1) is 14.2. The van der Waals surface area contributed by atoms with Crippen molar-refractivity contribution in [2.45, 2.75) is 13.5 Å². The van der Waals surface area contributed by atoms with Gasteiger partial charge in [0.25, 0.3) is 5.69 Å². The lowest BCUT2D eigenvalue weighted by atomic mass is 10.2. The van der Waals surface area contributed by atoms with Crippen molar-refractivity contribution in [1.82, 2.24) is 4.98 Å². The number of benzene rings is 1. The molecule has 0 N–H and O–H groups in total. The van der Waals surface area contributed by atoms with E-state index in [2.05, 4.69) is 4.98 Å². The Morgan fingerprint density at radius 2 is 2.20 bits per heavy atom. The Bertz CT molecular complexity index is 647. The highest BCUT2D eigenvalue weighted by atomic mass is 35.5. The molecule has 7 heteroatoms. The Kier molecular flexibility index (Phi) is 4.14. The van der Waals surface area contributed by atoms with Crippen LogP contribution in [0.2, 0.25) is 5.15 Å². The quantitative estimate of drug-likeness (QED) is 0.490. The summed E-state index contributed by atoms with van der Waals surface area (Å²) in [5.41, 5.74) is 0.772. The maximum absolute atomic E-state index is 13.7. The van der Waals surface area contributed by atoms with Crippen LogP contribution >= 0.6 is 11.6 Å². The topological polar surface area (TPSA) is 65.3 Å². The van der Waals surface area contributed by atoms with Crippen molar-refractivity contribution in [2.24, 2.45) is 0 Å². The second-order valence-electron chi connectivity index (χ2n) is 4.10. The second-order valence-corrected chi connectivity index (χ2v) is 4.49. The van der Waals surface area contributed by atoms with Gasteiger partial charge in [0.1, 0.15) is 11.8 Å². The highest BCUT2D eigenvalue weighted by molar-refractivity contribution is 6.29. The van der Waals surface area contributed by atoms with Crippen molar-refractivity contribution in [3.63, 3.8) is 0 Å². The SMILES string of the molecule is Cc1cc(OCc2ccc(Cl)nc2)c(F)cc1[N+](=O)[O-]. The number of nitro groups is 1. The number of nitro benzene ring substituents is 1. The van der Waals surface area contributed by atoms with Crippen molar-refractivity contribution in [3.05, 3.63) is 62.7 Å². The van der Waals surface area contributed by atoms with Crippen LogP contribution < -0.4 is 4.74 Å². The third kappa shape index (κ3) is 3.21. The highest BCUT2D eigenvalue weighted by Crippen LogP contribution is 2.27. The van der Waals surface area contributed by atoms with Gasteiger partial charge >= 0.3 is 0 Å². The summed E-state index contributed by atoms with van der Waals surface area (Å²) in [6.45, 7) is 1.62. The van der Waals surface area contributed by atoms with Crippen LogP contribution in [0, 0.1) is 22.9 Å². The second kappa shape index (κ2) is 5.83. The maximum Gasteiger partial charge on any atom is 0.275 e. The lowest BCUT2D eigenvalue weighted by molar-refractivity contribution is -0.385. The van der Waals surface area contributed by atoms with Gasteiger partial charge in [-0.05, 0) is 19.1 Å². The molecule has 1 heterocycles. The fourth-order valence-electron chi connectivity index (χ4n) is 1.60. The van der Waals surface area contributed by atoms with Crippen LogP contribution in [0.4, 0.5) is 10.1 Å². The third-order valence-electron chi connectivity index (χ3n) is 2.63. The minimum Gasteiger partial charge on any atom is -0.486 e. The molecule has 0 amide bonds. The van der Waals surface area contributed by atoms with Crippen LogP contribution in [0.5, 0.6) is 5.75 Å². The van der Waals surface area contributed by atoms with Crippen LogP contribution in [-0.2, 0) is 6.61 Å². The van der Waals surface area contributed by atoms with Crippen molar-refractivity contribution in [3.8, 4) is 5.75 Å². The smallest absolute Gasteiger partial charge is 0.275 e. The molecule has 0 saturated carbocycles. The standard InChI is InChI=1S/C13H10ClFN2O3/c1-8-4-12(10(15)5-11(8)17(18)19)20-7-9-2-3-13(14)16-6-9/h2-6H,7H2,1H3. The average molecular weight is 297 g/mol. The number of nitrogens with zero attached hydrogens (tertiary/aromatic N) is 2. The Balaban J connectivity index is 2.16. The molecule has 0 fully saturated rings. The lowest BCUT2D eigenvalue weighted by Crippen LogP contribution is -2.00. The molecule has 0 aliphatic rings. The van der Waals surface area contributed by atoms with E-state index in [0.29, 0.717) is 16.3 Å². The lowest BCUT2D eigenvalue weighted by Gasteiger charge is -2.08. The number of aromatic nitrogens is 1. The monoisotopic (exact) mass is 296 g/mol. The Hall–Kier alpha value is -2.21. The summed E-state index contributed by atoms with van der Waals surface area (Å²) >= 11 is 5.65. The minimum absolute atomic E-state index is 0.0388. The predicted molar refractivity (Wildman–Crippen MR) is 71.4 cm³/mol. The minimum atomic E-state index is -0.774. The van der Waals surface area contributed by atoms with Gasteiger partial charge in [-0.25, -0.2) is 9.37 Å². The van der Waals surface area contributed by atoms with E-state index in [1.165, 1.54) is 19.2 Å². The van der Waals surface area contributed by atoms with E-state index in [1.807, 2.05) is 0 Å². The third-order valence-corrected chi connectivity index (χ3v) is 2.85. The summed E-state index contributed by atoms with van der Waals surface area (Å²) in [4.78, 5) is 13.9. The van der Waals surface area contributed by atoms with Crippen LogP contribution in [0.15, 0.2) is 30.5 Å². The molecular weight excluding hydrogens is 287 g/mol. The molecule has 1 aromatic heterocycles. The molecule has 0 saturated heterocycles. The van der Waals surface area contributed by atoms with Gasteiger partial charge in [-0.2, -0.15) is 0 Å². The zero-order chi connectivity index (χ0) is 14.7. The number of pyridine rings is 1. The number of hydrogen-bond donors (Lipinski definition) is 0. The molecular formula is C13H10ClFN2O3. The number of ether oxygens (including phenoxy) is 1. The van der Waals surface area contributed by atoms with Crippen LogP contribution in [0.3, 0.4) is 0 Å². The largest absolute Gasteiger partial charge is 0.486 e. The van der Waals surface area contributed by atoms with Crippen molar-refractivity contribution >= 4 is 17.3 Å². The molecule has 104 valence electrons. The molecule has 0 aliphatic carbocycles. The van der Waals surface area contributed by atoms with E-state index >= 15 is 0 Å². The van der Waals surface area contributed by atoms with Gasteiger partial charge in [0.15, 0.2) is 11.6 Å². The summed E-state index contributed by atoms with van der Waals surface area (Å²) in [6, 6.07) is 5.45. The average Bonchev–Trinajstić information content (AvgIpc) is 2.41. The number of rotatable bonds is 4. The van der Waals surface area contributed by atoms with E-state index in [1.54, 1.807) is 12.1 Å². The van der Waals surface area contributed by atoms with Crippen molar-refractivity contribution in [2.75, 3.05) is 0 Å². The Morgan fingerprint density at radius 1 is 1.45 bits per heavy atom. The fourth-order valence-corrected chi connectivity index (χ4v) is 1.72. The first-order valence-electron chi connectivity index (χ1n) is 5.65. The predicted octanol–water partition coefficient (Wildman–Crippen LogP) is 3.67. The van der Waals surface area contributed by atoms with Gasteiger partial charge < -0.3 is 4.74 Å². The summed E-state index contributed by atoms with van der Waals surface area (Å²) in [5.74, 6) is -0.813. The number of halogens is 2. The van der Waals surface area contributed by atoms with Gasteiger partial charge in [-0.1, -0.05) is 17.7 Å². The molecule has 0 atom stereocenters. The zero-order valence-electron chi connectivity index (χ0n) is 10.5. The Morgan fingerprint density at radius 3 is 2.80 bits per heavy atom. The molecule has 1 aromatic carbocycles. The van der Waals surface area contributed by atoms with Crippen LogP contribution in [0.25, 0.3) is 0 Å². The van der Waals surface area contributed by atoms with E-state index < -0.39 is 10.7 Å². The molecule has 0 unspecified atom stereocenters. The van der Waals surface area contributed by atoms with E-state index in [0.717, 1.165) is 6.07 Å². The maximum atomic E-state index is 13.7. The fraction of sp³-hybridized carbons (Fsp3) is 0.154. The van der Waals surface area contributed by atoms with Gasteiger partial charge in [0.05, 0.1) is 11.0 Å². The molecule has 20 heavy (non-hydrogen) atoms. The molecule has 5 nitrogen and oxygen atoms in total. The Labute approximate surface area is 119 Å². The summed E-state index contributed by atoms with van der Waals surface area (Å²) in [7, 11) is 0. The van der Waals surface area contributed by atoms with Crippen molar-refractivity contribution in [1.29, 1.82) is 0 Å². The van der Waals surface area contributed by atoms with E-state index in [-0.39, 0.29) is 18.0 Å². The molecule has 0 aliphatic heterocycles. The number of aryl methyl sites for hydroxylation is 1. The zero-order valence-corrected chi connectivity index (χ0v) is 11.2. The van der Waals surface area contributed by atoms with Crippen LogP contribution in [0.1, 0.15) is 11.1 Å². The van der Waals surface area contributed by atoms with Gasteiger partial charge in [-0.3, -0.25) is 10.1 Å².